The normalized spacial score (nSPS) is 30.3. The minimum Gasteiger partial charge on any atom is -0.393 e. The van der Waals surface area contributed by atoms with Gasteiger partial charge in [0, 0.05) is 12.3 Å². The van der Waals surface area contributed by atoms with E-state index in [4.69, 9.17) is 0 Å². The first-order chi connectivity index (χ1) is 5.74. The van der Waals surface area contributed by atoms with Crippen molar-refractivity contribution in [1.29, 1.82) is 0 Å². The molecule has 0 bridgehead atoms. The fourth-order valence-corrected chi connectivity index (χ4v) is 1.50. The van der Waals surface area contributed by atoms with E-state index < -0.39 is 6.10 Å². The van der Waals surface area contributed by atoms with Crippen molar-refractivity contribution < 1.29 is 9.90 Å². The summed E-state index contributed by atoms with van der Waals surface area (Å²) in [4.78, 5) is 11.2. The van der Waals surface area contributed by atoms with Crippen LogP contribution in [-0.2, 0) is 4.79 Å². The van der Waals surface area contributed by atoms with Gasteiger partial charge in [-0.2, -0.15) is 0 Å². The summed E-state index contributed by atoms with van der Waals surface area (Å²) >= 11 is 0. The molecular formula is C10H16O2. The van der Waals surface area contributed by atoms with E-state index in [1.807, 2.05) is 12.2 Å². The Balaban J connectivity index is 2.37. The van der Waals surface area contributed by atoms with Gasteiger partial charge in [0.05, 0.1) is 6.10 Å². The average molecular weight is 168 g/mol. The highest BCUT2D eigenvalue weighted by Gasteiger charge is 2.28. The van der Waals surface area contributed by atoms with Gasteiger partial charge in [0.1, 0.15) is 5.78 Å². The van der Waals surface area contributed by atoms with E-state index in [9.17, 15) is 9.90 Å². The molecule has 2 nitrogen and oxygen atoms in total. The summed E-state index contributed by atoms with van der Waals surface area (Å²) < 4.78 is 0. The lowest BCUT2D eigenvalue weighted by atomic mass is 10.1. The smallest absolute Gasteiger partial charge is 0.142 e. The first-order valence-electron chi connectivity index (χ1n) is 4.61. The van der Waals surface area contributed by atoms with E-state index in [1.54, 1.807) is 0 Å². The number of aliphatic hydroxyl groups is 1. The number of carbonyl (C=O) groups is 1. The van der Waals surface area contributed by atoms with Crippen LogP contribution in [0.5, 0.6) is 0 Å². The molecule has 0 heterocycles. The molecule has 12 heavy (non-hydrogen) atoms. The first kappa shape index (κ1) is 9.46. The standard InChI is InChI=1S/C10H16O2/c1-2-3-4-5-8-6-9(11)7-10(8)12/h4-5,8-9,11H,2-3,6-7H2,1H3. The molecule has 0 aromatic rings. The van der Waals surface area contributed by atoms with Gasteiger partial charge in [-0.05, 0) is 12.8 Å². The average Bonchev–Trinajstić information content (AvgIpc) is 2.31. The number of ketones is 1. The van der Waals surface area contributed by atoms with Crippen molar-refractivity contribution in [2.75, 3.05) is 0 Å². The van der Waals surface area contributed by atoms with E-state index >= 15 is 0 Å². The monoisotopic (exact) mass is 168 g/mol. The van der Waals surface area contributed by atoms with Gasteiger partial charge in [0.15, 0.2) is 0 Å². The Morgan fingerprint density at radius 3 is 2.92 bits per heavy atom. The molecule has 0 radical (unpaired) electrons. The number of hydrogen-bond donors (Lipinski definition) is 1. The predicted octanol–water partition coefficient (Wildman–Crippen LogP) is 1.68. The zero-order chi connectivity index (χ0) is 8.97. The van der Waals surface area contributed by atoms with Gasteiger partial charge < -0.3 is 5.11 Å². The SMILES string of the molecule is CCCC=CC1CC(O)CC1=O. The van der Waals surface area contributed by atoms with E-state index in [0.717, 1.165) is 12.8 Å². The Bertz CT molecular complexity index is 184. The molecule has 1 saturated carbocycles. The third-order valence-electron chi connectivity index (χ3n) is 2.20. The van der Waals surface area contributed by atoms with Crippen molar-refractivity contribution in [2.24, 2.45) is 5.92 Å². The maximum Gasteiger partial charge on any atom is 0.142 e. The van der Waals surface area contributed by atoms with Gasteiger partial charge >= 0.3 is 0 Å². The van der Waals surface area contributed by atoms with Crippen LogP contribution in [0.15, 0.2) is 12.2 Å². The summed E-state index contributed by atoms with van der Waals surface area (Å²) in [5.41, 5.74) is 0. The lowest BCUT2D eigenvalue weighted by molar-refractivity contribution is -0.119. The summed E-state index contributed by atoms with van der Waals surface area (Å²) in [6.45, 7) is 2.11. The highest BCUT2D eigenvalue weighted by molar-refractivity contribution is 5.85. The second kappa shape index (κ2) is 4.41. The molecule has 2 atom stereocenters. The number of aliphatic hydroxyl groups excluding tert-OH is 1. The summed E-state index contributed by atoms with van der Waals surface area (Å²) in [5.74, 6) is 0.182. The minimum absolute atomic E-state index is 0.00782. The summed E-state index contributed by atoms with van der Waals surface area (Å²) in [7, 11) is 0. The molecule has 1 fully saturated rings. The van der Waals surface area contributed by atoms with Crippen molar-refractivity contribution in [3.05, 3.63) is 12.2 Å². The Hall–Kier alpha value is -0.630. The second-order valence-corrected chi connectivity index (χ2v) is 3.38. The highest BCUT2D eigenvalue weighted by atomic mass is 16.3. The molecule has 2 heteroatoms. The molecule has 1 rings (SSSR count). The van der Waals surface area contributed by atoms with Crippen molar-refractivity contribution >= 4 is 5.78 Å². The lowest BCUT2D eigenvalue weighted by Gasteiger charge is -1.98. The van der Waals surface area contributed by atoms with Crippen molar-refractivity contribution in [1.82, 2.24) is 0 Å². The summed E-state index contributed by atoms with van der Waals surface area (Å²) in [6, 6.07) is 0. The molecule has 0 spiro atoms. The molecular weight excluding hydrogens is 152 g/mol. The summed E-state index contributed by atoms with van der Waals surface area (Å²) in [5, 5.41) is 9.17. The molecule has 68 valence electrons. The fraction of sp³-hybridized carbons (Fsp3) is 0.700. The van der Waals surface area contributed by atoms with Crippen LogP contribution in [0.4, 0.5) is 0 Å². The zero-order valence-electron chi connectivity index (χ0n) is 7.49. The number of unbranched alkanes of at least 4 members (excludes halogenated alkanes) is 1. The molecule has 1 aliphatic rings. The largest absolute Gasteiger partial charge is 0.393 e. The molecule has 0 aromatic heterocycles. The molecule has 2 unspecified atom stereocenters. The molecule has 1 N–H and O–H groups in total. The molecule has 1 aliphatic carbocycles. The van der Waals surface area contributed by atoms with E-state index in [2.05, 4.69) is 6.92 Å². The third-order valence-corrected chi connectivity index (χ3v) is 2.20. The Kier molecular flexibility index (Phi) is 3.48. The van der Waals surface area contributed by atoms with Crippen LogP contribution in [-0.4, -0.2) is 17.0 Å². The van der Waals surface area contributed by atoms with Crippen LogP contribution in [0.1, 0.15) is 32.6 Å². The van der Waals surface area contributed by atoms with Crippen LogP contribution in [0.25, 0.3) is 0 Å². The summed E-state index contributed by atoms with van der Waals surface area (Å²) in [6.07, 6.45) is 6.71. The lowest BCUT2D eigenvalue weighted by Crippen LogP contribution is -2.01. The maximum absolute atomic E-state index is 11.2. The number of rotatable bonds is 3. The van der Waals surface area contributed by atoms with Gasteiger partial charge in [-0.1, -0.05) is 25.5 Å². The molecule has 0 amide bonds. The number of hydrogen-bond acceptors (Lipinski definition) is 2. The number of allylic oxidation sites excluding steroid dienone is 2. The van der Waals surface area contributed by atoms with Crippen LogP contribution in [0.2, 0.25) is 0 Å². The minimum atomic E-state index is -0.395. The quantitative estimate of drug-likeness (QED) is 0.651. The Morgan fingerprint density at radius 2 is 2.42 bits per heavy atom. The molecule has 0 aliphatic heterocycles. The van der Waals surface area contributed by atoms with Crippen molar-refractivity contribution in [3.63, 3.8) is 0 Å². The van der Waals surface area contributed by atoms with E-state index in [1.165, 1.54) is 0 Å². The highest BCUT2D eigenvalue weighted by Crippen LogP contribution is 2.23. The topological polar surface area (TPSA) is 37.3 Å². The molecule has 0 saturated heterocycles. The number of carbonyl (C=O) groups excluding carboxylic acids is 1. The van der Waals surface area contributed by atoms with Crippen LogP contribution in [0.3, 0.4) is 0 Å². The first-order valence-corrected chi connectivity index (χ1v) is 4.61. The third kappa shape index (κ3) is 2.45. The van der Waals surface area contributed by atoms with E-state index in [0.29, 0.717) is 12.8 Å². The van der Waals surface area contributed by atoms with Gasteiger partial charge in [0.25, 0.3) is 0 Å². The van der Waals surface area contributed by atoms with Crippen molar-refractivity contribution in [2.45, 2.75) is 38.7 Å². The number of Topliss-reactive ketones (excluding diaryl/α,β-unsaturated/α-hetero) is 1. The van der Waals surface area contributed by atoms with Gasteiger partial charge in [-0.3, -0.25) is 4.79 Å². The second-order valence-electron chi connectivity index (χ2n) is 3.38. The Morgan fingerprint density at radius 1 is 1.67 bits per heavy atom. The molecule has 0 aromatic carbocycles. The Labute approximate surface area is 73.3 Å². The predicted molar refractivity (Wildman–Crippen MR) is 47.8 cm³/mol. The van der Waals surface area contributed by atoms with Gasteiger partial charge in [-0.15, -0.1) is 0 Å². The van der Waals surface area contributed by atoms with Gasteiger partial charge in [0.2, 0.25) is 0 Å². The van der Waals surface area contributed by atoms with Crippen molar-refractivity contribution in [3.8, 4) is 0 Å². The van der Waals surface area contributed by atoms with Crippen LogP contribution >= 0.6 is 0 Å². The fourth-order valence-electron chi connectivity index (χ4n) is 1.50. The van der Waals surface area contributed by atoms with Crippen LogP contribution in [0, 0.1) is 5.92 Å². The zero-order valence-corrected chi connectivity index (χ0v) is 7.49. The van der Waals surface area contributed by atoms with Gasteiger partial charge in [-0.25, -0.2) is 0 Å². The maximum atomic E-state index is 11.2. The van der Waals surface area contributed by atoms with E-state index in [-0.39, 0.29) is 11.7 Å². The van der Waals surface area contributed by atoms with Crippen LogP contribution < -0.4 is 0 Å².